The Morgan fingerprint density at radius 1 is 0.889 bits per heavy atom. The molecule has 0 fully saturated rings. The van der Waals surface area contributed by atoms with Gasteiger partial charge in [0.2, 0.25) is 5.91 Å². The highest BCUT2D eigenvalue weighted by Crippen LogP contribution is 2.26. The summed E-state index contributed by atoms with van der Waals surface area (Å²) in [4.78, 5) is 24.7. The van der Waals surface area contributed by atoms with Crippen LogP contribution in [0.2, 0.25) is 0 Å². The van der Waals surface area contributed by atoms with E-state index in [0.29, 0.717) is 23.2 Å². The first-order valence-corrected chi connectivity index (χ1v) is 12.1. The number of thioether (sulfide) groups is 1. The standard InChI is InChI=1S/C26H25N5O4S/c1-34-22-15-9-8-14-21(22)27-16-23-29-30-26(31(23)18-10-4-3-5-11-18)36-17-24(32)28-20-13-7-6-12-19(20)25(33)35-2/h3-15,27H,16-17H2,1-2H3,(H,28,32). The van der Waals surface area contributed by atoms with Crippen LogP contribution >= 0.6 is 11.8 Å². The van der Waals surface area contributed by atoms with Gasteiger partial charge in [0.25, 0.3) is 0 Å². The average Bonchev–Trinajstić information content (AvgIpc) is 3.34. The molecule has 1 amide bonds. The number of nitrogens with zero attached hydrogens (tertiary/aromatic N) is 3. The van der Waals surface area contributed by atoms with Gasteiger partial charge < -0.3 is 20.1 Å². The summed E-state index contributed by atoms with van der Waals surface area (Å²) in [6.07, 6.45) is 0. The van der Waals surface area contributed by atoms with Crippen LogP contribution in [0, 0.1) is 0 Å². The van der Waals surface area contributed by atoms with Gasteiger partial charge in [0.15, 0.2) is 11.0 Å². The number of carbonyl (C=O) groups is 2. The van der Waals surface area contributed by atoms with E-state index in [0.717, 1.165) is 17.1 Å². The molecule has 36 heavy (non-hydrogen) atoms. The van der Waals surface area contributed by atoms with Crippen molar-refractivity contribution in [1.82, 2.24) is 14.8 Å². The molecule has 0 saturated carbocycles. The Hall–Kier alpha value is -4.31. The van der Waals surface area contributed by atoms with E-state index in [4.69, 9.17) is 9.47 Å². The highest BCUT2D eigenvalue weighted by atomic mass is 32.2. The molecular formula is C26H25N5O4S. The lowest BCUT2D eigenvalue weighted by molar-refractivity contribution is -0.113. The molecule has 0 aliphatic rings. The Kier molecular flexibility index (Phi) is 8.20. The van der Waals surface area contributed by atoms with E-state index in [1.165, 1.54) is 18.9 Å². The lowest BCUT2D eigenvalue weighted by Gasteiger charge is -2.13. The van der Waals surface area contributed by atoms with Crippen molar-refractivity contribution in [1.29, 1.82) is 0 Å². The van der Waals surface area contributed by atoms with Crippen LogP contribution < -0.4 is 15.4 Å². The molecule has 1 heterocycles. The Morgan fingerprint density at radius 3 is 2.33 bits per heavy atom. The zero-order valence-corrected chi connectivity index (χ0v) is 20.6. The van der Waals surface area contributed by atoms with Gasteiger partial charge in [-0.05, 0) is 36.4 Å². The largest absolute Gasteiger partial charge is 0.495 e. The molecule has 0 radical (unpaired) electrons. The van der Waals surface area contributed by atoms with Crippen LogP contribution in [0.4, 0.5) is 11.4 Å². The van der Waals surface area contributed by atoms with Gasteiger partial charge in [0, 0.05) is 5.69 Å². The third kappa shape index (κ3) is 5.84. The normalized spacial score (nSPS) is 10.5. The van der Waals surface area contributed by atoms with E-state index in [9.17, 15) is 9.59 Å². The van der Waals surface area contributed by atoms with Crippen molar-refractivity contribution in [3.8, 4) is 11.4 Å². The van der Waals surface area contributed by atoms with Crippen LogP contribution in [0.25, 0.3) is 5.69 Å². The van der Waals surface area contributed by atoms with Crippen LogP contribution in [-0.4, -0.2) is 46.6 Å². The summed E-state index contributed by atoms with van der Waals surface area (Å²) in [6, 6.07) is 24.0. The third-order valence-corrected chi connectivity index (χ3v) is 6.13. The highest BCUT2D eigenvalue weighted by Gasteiger charge is 2.18. The zero-order valence-electron chi connectivity index (χ0n) is 19.8. The first-order valence-electron chi connectivity index (χ1n) is 11.1. The first kappa shape index (κ1) is 24.8. The SMILES string of the molecule is COC(=O)c1ccccc1NC(=O)CSc1nnc(CNc2ccccc2OC)n1-c1ccccc1. The quantitative estimate of drug-likeness (QED) is 0.242. The van der Waals surface area contributed by atoms with E-state index in [1.807, 2.05) is 59.2 Å². The van der Waals surface area contributed by atoms with Crippen LogP contribution in [-0.2, 0) is 16.1 Å². The van der Waals surface area contributed by atoms with Crippen LogP contribution in [0.15, 0.2) is 84.0 Å². The number of hydrogen-bond donors (Lipinski definition) is 2. The van der Waals surface area contributed by atoms with Crippen molar-refractivity contribution in [2.24, 2.45) is 0 Å². The van der Waals surface area contributed by atoms with Crippen molar-refractivity contribution >= 4 is 35.0 Å². The smallest absolute Gasteiger partial charge is 0.339 e. The van der Waals surface area contributed by atoms with Gasteiger partial charge in [-0.3, -0.25) is 9.36 Å². The average molecular weight is 504 g/mol. The maximum atomic E-state index is 12.7. The summed E-state index contributed by atoms with van der Waals surface area (Å²) in [6.45, 7) is 0.390. The number of benzene rings is 3. The van der Waals surface area contributed by atoms with Gasteiger partial charge >= 0.3 is 5.97 Å². The van der Waals surface area contributed by atoms with E-state index in [2.05, 4.69) is 20.8 Å². The Balaban J connectivity index is 1.51. The van der Waals surface area contributed by atoms with E-state index in [1.54, 1.807) is 31.4 Å². The van der Waals surface area contributed by atoms with Gasteiger partial charge in [0.05, 0.1) is 43.5 Å². The summed E-state index contributed by atoms with van der Waals surface area (Å²) in [5, 5.41) is 15.4. The van der Waals surface area contributed by atoms with Gasteiger partial charge in [0.1, 0.15) is 5.75 Å². The summed E-state index contributed by atoms with van der Waals surface area (Å²) < 4.78 is 12.1. The molecule has 0 aliphatic heterocycles. The second-order valence-corrected chi connectivity index (χ2v) is 8.44. The second kappa shape index (κ2) is 11.9. The molecule has 0 spiro atoms. The molecule has 2 N–H and O–H groups in total. The number of esters is 1. The van der Waals surface area contributed by atoms with Crippen molar-refractivity contribution in [3.05, 3.63) is 90.3 Å². The van der Waals surface area contributed by atoms with Gasteiger partial charge in [-0.25, -0.2) is 4.79 Å². The van der Waals surface area contributed by atoms with E-state index < -0.39 is 5.97 Å². The molecule has 184 valence electrons. The third-order valence-electron chi connectivity index (χ3n) is 5.20. The Bertz CT molecular complexity index is 1340. The molecule has 4 aromatic rings. The van der Waals surface area contributed by atoms with Gasteiger partial charge in [-0.1, -0.05) is 54.2 Å². The zero-order chi connectivity index (χ0) is 25.3. The molecule has 10 heteroatoms. The minimum Gasteiger partial charge on any atom is -0.495 e. The molecule has 0 atom stereocenters. The lowest BCUT2D eigenvalue weighted by atomic mass is 10.2. The van der Waals surface area contributed by atoms with Crippen molar-refractivity contribution < 1.29 is 19.1 Å². The monoisotopic (exact) mass is 503 g/mol. The molecule has 0 unspecified atom stereocenters. The number of ether oxygens (including phenoxy) is 2. The summed E-state index contributed by atoms with van der Waals surface area (Å²) in [5.41, 5.74) is 2.38. The van der Waals surface area contributed by atoms with Crippen LogP contribution in [0.5, 0.6) is 5.75 Å². The number of amides is 1. The predicted octanol–water partition coefficient (Wildman–Crippen LogP) is 4.41. The number of methoxy groups -OCH3 is 2. The van der Waals surface area contributed by atoms with Crippen molar-refractivity contribution in [3.63, 3.8) is 0 Å². The number of anilines is 2. The van der Waals surface area contributed by atoms with E-state index in [-0.39, 0.29) is 17.2 Å². The number of carbonyl (C=O) groups excluding carboxylic acids is 2. The summed E-state index contributed by atoms with van der Waals surface area (Å²) in [5.74, 6) is 0.662. The molecule has 0 aliphatic carbocycles. The topological polar surface area (TPSA) is 107 Å². The number of hydrogen-bond acceptors (Lipinski definition) is 8. The molecular weight excluding hydrogens is 478 g/mol. The Morgan fingerprint density at radius 2 is 1.58 bits per heavy atom. The fourth-order valence-corrected chi connectivity index (χ4v) is 4.28. The second-order valence-electron chi connectivity index (χ2n) is 7.50. The molecule has 1 aromatic heterocycles. The number of para-hydroxylation sites is 4. The van der Waals surface area contributed by atoms with Crippen LogP contribution in [0.1, 0.15) is 16.2 Å². The minimum absolute atomic E-state index is 0.0699. The van der Waals surface area contributed by atoms with Crippen molar-refractivity contribution in [2.45, 2.75) is 11.7 Å². The number of nitrogens with one attached hydrogen (secondary N) is 2. The maximum Gasteiger partial charge on any atom is 0.339 e. The first-order chi connectivity index (χ1) is 17.6. The fourth-order valence-electron chi connectivity index (χ4n) is 3.51. The Labute approximate surface area is 212 Å². The van der Waals surface area contributed by atoms with Gasteiger partial charge in [-0.15, -0.1) is 10.2 Å². The molecule has 0 bridgehead atoms. The molecule has 3 aromatic carbocycles. The number of rotatable bonds is 10. The lowest BCUT2D eigenvalue weighted by Crippen LogP contribution is -2.17. The highest BCUT2D eigenvalue weighted by molar-refractivity contribution is 7.99. The van der Waals surface area contributed by atoms with E-state index >= 15 is 0 Å². The summed E-state index contributed by atoms with van der Waals surface area (Å²) >= 11 is 1.25. The molecule has 4 rings (SSSR count). The predicted molar refractivity (Wildman–Crippen MR) is 139 cm³/mol. The van der Waals surface area contributed by atoms with Gasteiger partial charge in [-0.2, -0.15) is 0 Å². The fraction of sp³-hybridized carbons (Fsp3) is 0.154. The minimum atomic E-state index is -0.519. The maximum absolute atomic E-state index is 12.7. The summed E-state index contributed by atoms with van der Waals surface area (Å²) in [7, 11) is 2.92. The number of aromatic nitrogens is 3. The van der Waals surface area contributed by atoms with Crippen molar-refractivity contribution in [2.75, 3.05) is 30.6 Å². The van der Waals surface area contributed by atoms with Crippen LogP contribution in [0.3, 0.4) is 0 Å². The molecule has 9 nitrogen and oxygen atoms in total. The molecule has 0 saturated heterocycles.